The normalized spacial score (nSPS) is 12.3. The van der Waals surface area contributed by atoms with Crippen LogP contribution in [0.3, 0.4) is 0 Å². The van der Waals surface area contributed by atoms with Gasteiger partial charge in [0, 0.05) is 41.0 Å². The second kappa shape index (κ2) is 7.13. The molecule has 7 heteroatoms. The van der Waals surface area contributed by atoms with Gasteiger partial charge in [0.1, 0.15) is 23.3 Å². The summed E-state index contributed by atoms with van der Waals surface area (Å²) in [6.45, 7) is 1.79. The van der Waals surface area contributed by atoms with Crippen LogP contribution in [-0.4, -0.2) is 15.5 Å². The van der Waals surface area contributed by atoms with Gasteiger partial charge >= 0.3 is 0 Å². The number of hydrogen-bond donors (Lipinski definition) is 1. The fourth-order valence-corrected chi connectivity index (χ4v) is 3.42. The molecule has 1 N–H and O–H groups in total. The van der Waals surface area contributed by atoms with E-state index in [4.69, 9.17) is 16.0 Å². The molecule has 0 radical (unpaired) electrons. The Kier molecular flexibility index (Phi) is 4.65. The Balaban J connectivity index is 1.75. The highest BCUT2D eigenvalue weighted by Gasteiger charge is 2.26. The van der Waals surface area contributed by atoms with Gasteiger partial charge in [0.05, 0.1) is 0 Å². The first kappa shape index (κ1) is 18.3. The highest BCUT2D eigenvalue weighted by molar-refractivity contribution is 6.31. The van der Waals surface area contributed by atoms with Gasteiger partial charge in [-0.2, -0.15) is 0 Å². The highest BCUT2D eigenvalue weighted by Crippen LogP contribution is 2.29. The average Bonchev–Trinajstić information content (AvgIpc) is 3.24. The molecule has 5 nitrogen and oxygen atoms in total. The molecule has 0 aliphatic rings. The molecule has 4 aromatic rings. The number of hydrogen-bond acceptors (Lipinski definition) is 3. The van der Waals surface area contributed by atoms with Crippen LogP contribution in [0.1, 0.15) is 33.5 Å². The molecule has 28 heavy (non-hydrogen) atoms. The lowest BCUT2D eigenvalue weighted by Crippen LogP contribution is -2.31. The van der Waals surface area contributed by atoms with Gasteiger partial charge in [0.25, 0.3) is 5.91 Å². The van der Waals surface area contributed by atoms with Crippen molar-refractivity contribution < 1.29 is 13.6 Å². The van der Waals surface area contributed by atoms with Gasteiger partial charge in [0.15, 0.2) is 5.76 Å². The predicted molar refractivity (Wildman–Crippen MR) is 105 cm³/mol. The number of aromatic nitrogens is 2. The molecule has 0 saturated heterocycles. The van der Waals surface area contributed by atoms with Crippen molar-refractivity contribution >= 4 is 28.5 Å². The van der Waals surface area contributed by atoms with Gasteiger partial charge in [-0.15, -0.1) is 0 Å². The van der Waals surface area contributed by atoms with Crippen LogP contribution in [-0.2, 0) is 7.05 Å². The zero-order valence-electron chi connectivity index (χ0n) is 15.2. The molecule has 0 saturated carbocycles. The molecule has 4 rings (SSSR count). The number of halogens is 2. The SMILES string of the molecule is Cc1c(C(=O)NC(c2ccccc2F)c2nccn2C)oc2ccc(Cl)cc12. The Morgan fingerprint density at radius 2 is 2.07 bits per heavy atom. The van der Waals surface area contributed by atoms with E-state index >= 15 is 0 Å². The lowest BCUT2D eigenvalue weighted by atomic mass is 10.0. The van der Waals surface area contributed by atoms with Gasteiger partial charge < -0.3 is 14.3 Å². The molecule has 2 aromatic carbocycles. The van der Waals surface area contributed by atoms with E-state index in [0.717, 1.165) is 5.39 Å². The van der Waals surface area contributed by atoms with Gasteiger partial charge in [-0.3, -0.25) is 4.79 Å². The smallest absolute Gasteiger partial charge is 0.288 e. The molecule has 0 aliphatic carbocycles. The molecule has 0 spiro atoms. The Morgan fingerprint density at radius 1 is 1.29 bits per heavy atom. The number of fused-ring (bicyclic) bond motifs is 1. The molecule has 0 aliphatic heterocycles. The molecule has 2 aromatic heterocycles. The second-order valence-electron chi connectivity index (χ2n) is 6.52. The van der Waals surface area contributed by atoms with E-state index in [-0.39, 0.29) is 5.76 Å². The quantitative estimate of drug-likeness (QED) is 0.538. The Morgan fingerprint density at radius 3 is 2.79 bits per heavy atom. The van der Waals surface area contributed by atoms with Gasteiger partial charge in [-0.05, 0) is 31.2 Å². The van der Waals surface area contributed by atoms with Crippen molar-refractivity contribution in [3.63, 3.8) is 0 Å². The third kappa shape index (κ3) is 3.16. The van der Waals surface area contributed by atoms with Crippen LogP contribution in [0.25, 0.3) is 11.0 Å². The van der Waals surface area contributed by atoms with Crippen molar-refractivity contribution in [1.29, 1.82) is 0 Å². The van der Waals surface area contributed by atoms with Crippen LogP contribution in [0.5, 0.6) is 0 Å². The number of furan rings is 1. The number of carbonyl (C=O) groups is 1. The minimum absolute atomic E-state index is 0.160. The number of nitrogens with zero attached hydrogens (tertiary/aromatic N) is 2. The maximum atomic E-state index is 14.5. The average molecular weight is 398 g/mol. The van der Waals surface area contributed by atoms with Crippen LogP contribution in [0.4, 0.5) is 4.39 Å². The largest absolute Gasteiger partial charge is 0.451 e. The number of aryl methyl sites for hydroxylation is 2. The Labute approximate surface area is 165 Å². The molecular formula is C21H17ClFN3O2. The molecule has 142 valence electrons. The van der Waals surface area contributed by atoms with E-state index < -0.39 is 17.8 Å². The molecule has 0 bridgehead atoms. The summed E-state index contributed by atoms with van der Waals surface area (Å²) < 4.78 is 22.0. The van der Waals surface area contributed by atoms with E-state index in [1.54, 1.807) is 67.3 Å². The van der Waals surface area contributed by atoms with Gasteiger partial charge in [-0.1, -0.05) is 29.8 Å². The third-order valence-corrected chi connectivity index (χ3v) is 4.95. The van der Waals surface area contributed by atoms with Crippen LogP contribution >= 0.6 is 11.6 Å². The van der Waals surface area contributed by atoms with Crippen molar-refractivity contribution in [3.05, 3.63) is 88.4 Å². The molecular weight excluding hydrogens is 381 g/mol. The first-order chi connectivity index (χ1) is 13.5. The summed E-state index contributed by atoms with van der Waals surface area (Å²) in [5, 5.41) is 4.18. The highest BCUT2D eigenvalue weighted by atomic mass is 35.5. The fraction of sp³-hybridized carbons (Fsp3) is 0.143. The third-order valence-electron chi connectivity index (χ3n) is 4.71. The number of nitrogens with one attached hydrogen (secondary N) is 1. The Hall–Kier alpha value is -3.12. The predicted octanol–water partition coefficient (Wildman–Crippen LogP) is 4.79. The summed E-state index contributed by atoms with van der Waals surface area (Å²) >= 11 is 6.05. The summed E-state index contributed by atoms with van der Waals surface area (Å²) in [6, 6.07) is 10.7. The van der Waals surface area contributed by atoms with E-state index in [2.05, 4.69) is 10.3 Å². The zero-order chi connectivity index (χ0) is 19.8. The number of imidazole rings is 1. The van der Waals surface area contributed by atoms with Crippen LogP contribution < -0.4 is 5.32 Å². The standard InChI is InChI=1S/C21H17ClFN3O2/c1-12-15-11-13(22)7-8-17(15)28-19(12)21(27)25-18(20-24-9-10-26(20)2)14-5-3-4-6-16(14)23/h3-11,18H,1-2H3,(H,25,27). The number of amides is 1. The maximum absolute atomic E-state index is 14.5. The van der Waals surface area contributed by atoms with Gasteiger partial charge in [-0.25, -0.2) is 9.37 Å². The lowest BCUT2D eigenvalue weighted by molar-refractivity contribution is 0.0914. The summed E-state index contributed by atoms with van der Waals surface area (Å²) in [4.78, 5) is 17.3. The molecule has 1 atom stereocenters. The van der Waals surface area contributed by atoms with Crippen molar-refractivity contribution in [2.75, 3.05) is 0 Å². The van der Waals surface area contributed by atoms with Crippen molar-refractivity contribution in [3.8, 4) is 0 Å². The fourth-order valence-electron chi connectivity index (χ4n) is 3.25. The van der Waals surface area contributed by atoms with E-state index in [1.807, 2.05) is 0 Å². The minimum Gasteiger partial charge on any atom is -0.451 e. The number of carbonyl (C=O) groups excluding carboxylic acids is 1. The molecule has 1 amide bonds. The summed E-state index contributed by atoms with van der Waals surface area (Å²) in [6.07, 6.45) is 3.34. The first-order valence-corrected chi connectivity index (χ1v) is 9.04. The molecule has 0 fully saturated rings. The number of rotatable bonds is 4. The van der Waals surface area contributed by atoms with Crippen LogP contribution in [0, 0.1) is 12.7 Å². The first-order valence-electron chi connectivity index (χ1n) is 8.67. The van der Waals surface area contributed by atoms with Crippen LogP contribution in [0.15, 0.2) is 59.3 Å². The van der Waals surface area contributed by atoms with E-state index in [1.165, 1.54) is 6.07 Å². The maximum Gasteiger partial charge on any atom is 0.288 e. The molecule has 2 heterocycles. The van der Waals surface area contributed by atoms with Crippen LogP contribution in [0.2, 0.25) is 5.02 Å². The summed E-state index contributed by atoms with van der Waals surface area (Å²) in [5.74, 6) is -0.215. The van der Waals surface area contributed by atoms with Crippen molar-refractivity contribution in [2.24, 2.45) is 7.05 Å². The van der Waals surface area contributed by atoms with E-state index in [9.17, 15) is 9.18 Å². The number of benzene rings is 2. The van der Waals surface area contributed by atoms with E-state index in [0.29, 0.717) is 27.6 Å². The van der Waals surface area contributed by atoms with Crippen molar-refractivity contribution in [2.45, 2.75) is 13.0 Å². The molecule has 1 unspecified atom stereocenters. The monoisotopic (exact) mass is 397 g/mol. The minimum atomic E-state index is -0.773. The summed E-state index contributed by atoms with van der Waals surface area (Å²) in [5.41, 5.74) is 1.55. The second-order valence-corrected chi connectivity index (χ2v) is 6.96. The topological polar surface area (TPSA) is 60.1 Å². The zero-order valence-corrected chi connectivity index (χ0v) is 16.0. The Bertz CT molecular complexity index is 1180. The van der Waals surface area contributed by atoms with Crippen molar-refractivity contribution in [1.82, 2.24) is 14.9 Å². The lowest BCUT2D eigenvalue weighted by Gasteiger charge is -2.19. The van der Waals surface area contributed by atoms with Gasteiger partial charge in [0.2, 0.25) is 0 Å². The summed E-state index contributed by atoms with van der Waals surface area (Å²) in [7, 11) is 1.79.